The van der Waals surface area contributed by atoms with E-state index in [9.17, 15) is 9.59 Å². The lowest BCUT2D eigenvalue weighted by Crippen LogP contribution is -2.35. The molecule has 1 unspecified atom stereocenters. The minimum Gasteiger partial charge on any atom is -0.481 e. The van der Waals surface area contributed by atoms with Gasteiger partial charge in [-0.2, -0.15) is 0 Å². The normalized spacial score (nSPS) is 13.5. The van der Waals surface area contributed by atoms with Crippen molar-refractivity contribution < 1.29 is 19.4 Å². The third-order valence-electron chi connectivity index (χ3n) is 5.10. The monoisotopic (exact) mass is 367 g/mol. The van der Waals surface area contributed by atoms with E-state index in [0.29, 0.717) is 12.8 Å². The molecule has 0 radical (unpaired) electrons. The minimum atomic E-state index is -0.814. The fourth-order valence-electron chi connectivity index (χ4n) is 3.68. The van der Waals surface area contributed by atoms with E-state index >= 15 is 0 Å². The molecule has 1 amide bonds. The van der Waals surface area contributed by atoms with Crippen molar-refractivity contribution in [3.63, 3.8) is 0 Å². The summed E-state index contributed by atoms with van der Waals surface area (Å²) in [5, 5.41) is 11.6. The number of alkyl carbamates (subject to hydrolysis) is 1. The van der Waals surface area contributed by atoms with Crippen molar-refractivity contribution in [1.29, 1.82) is 0 Å². The lowest BCUT2D eigenvalue weighted by atomic mass is 9.98. The number of amides is 1. The van der Waals surface area contributed by atoms with Crippen LogP contribution in [0.1, 0.15) is 49.7 Å². The Morgan fingerprint density at radius 2 is 1.67 bits per heavy atom. The lowest BCUT2D eigenvalue weighted by Gasteiger charge is -2.18. The highest BCUT2D eigenvalue weighted by Crippen LogP contribution is 2.44. The first kappa shape index (κ1) is 19.0. The zero-order valence-corrected chi connectivity index (χ0v) is 15.5. The molecule has 0 aliphatic heterocycles. The molecule has 1 aliphatic rings. The second kappa shape index (κ2) is 8.71. The van der Waals surface area contributed by atoms with Crippen molar-refractivity contribution in [3.8, 4) is 11.1 Å². The van der Waals surface area contributed by atoms with E-state index in [1.807, 2.05) is 31.2 Å². The molecule has 27 heavy (non-hydrogen) atoms. The van der Waals surface area contributed by atoms with E-state index < -0.39 is 12.1 Å². The molecule has 0 spiro atoms. The first-order valence-electron chi connectivity index (χ1n) is 9.43. The fourth-order valence-corrected chi connectivity index (χ4v) is 3.68. The Morgan fingerprint density at radius 1 is 1.07 bits per heavy atom. The minimum absolute atomic E-state index is 0.0373. The van der Waals surface area contributed by atoms with Gasteiger partial charge in [0.25, 0.3) is 0 Å². The van der Waals surface area contributed by atoms with Crippen LogP contribution in [0.5, 0.6) is 0 Å². The topological polar surface area (TPSA) is 75.6 Å². The predicted octanol–water partition coefficient (Wildman–Crippen LogP) is 4.56. The summed E-state index contributed by atoms with van der Waals surface area (Å²) in [5.41, 5.74) is 4.75. The van der Waals surface area contributed by atoms with Crippen LogP contribution in [0.25, 0.3) is 11.1 Å². The molecule has 5 heteroatoms. The number of carbonyl (C=O) groups excluding carboxylic acids is 1. The predicted molar refractivity (Wildman–Crippen MR) is 104 cm³/mol. The molecule has 0 bridgehead atoms. The molecule has 0 heterocycles. The first-order valence-corrected chi connectivity index (χ1v) is 9.43. The Kier molecular flexibility index (Phi) is 6.12. The van der Waals surface area contributed by atoms with Gasteiger partial charge in [-0.25, -0.2) is 4.79 Å². The molecule has 5 nitrogen and oxygen atoms in total. The number of nitrogens with one attached hydrogen (secondary N) is 1. The van der Waals surface area contributed by atoms with Crippen molar-refractivity contribution in [2.75, 3.05) is 6.61 Å². The highest BCUT2D eigenvalue weighted by molar-refractivity contribution is 5.79. The van der Waals surface area contributed by atoms with Crippen LogP contribution in [0.3, 0.4) is 0 Å². The highest BCUT2D eigenvalue weighted by Gasteiger charge is 2.29. The summed E-state index contributed by atoms with van der Waals surface area (Å²) in [6.45, 7) is 2.25. The van der Waals surface area contributed by atoms with Gasteiger partial charge in [0.1, 0.15) is 6.61 Å². The average Bonchev–Trinajstić information content (AvgIpc) is 2.99. The Hall–Kier alpha value is -2.82. The number of ether oxygens (including phenoxy) is 1. The summed E-state index contributed by atoms with van der Waals surface area (Å²) in [5.74, 6) is -0.777. The summed E-state index contributed by atoms with van der Waals surface area (Å²) in [6, 6.07) is 16.4. The van der Waals surface area contributed by atoms with Crippen LogP contribution in [0.4, 0.5) is 4.79 Å². The zero-order chi connectivity index (χ0) is 19.2. The van der Waals surface area contributed by atoms with Crippen LogP contribution in [0, 0.1) is 0 Å². The smallest absolute Gasteiger partial charge is 0.407 e. The number of carboxylic acids is 1. The molecule has 1 aliphatic carbocycles. The number of fused-ring (bicyclic) bond motifs is 3. The number of carbonyl (C=O) groups is 2. The fraction of sp³-hybridized carbons (Fsp3) is 0.364. The number of aliphatic carboxylic acids is 1. The van der Waals surface area contributed by atoms with Gasteiger partial charge in [0.15, 0.2) is 0 Å². The van der Waals surface area contributed by atoms with Gasteiger partial charge < -0.3 is 15.2 Å². The van der Waals surface area contributed by atoms with E-state index in [1.54, 1.807) is 0 Å². The quantitative estimate of drug-likeness (QED) is 0.717. The maximum atomic E-state index is 12.2. The molecule has 142 valence electrons. The molecule has 0 saturated heterocycles. The second-order valence-corrected chi connectivity index (χ2v) is 6.86. The zero-order valence-electron chi connectivity index (χ0n) is 15.5. The van der Waals surface area contributed by atoms with Gasteiger partial charge in [-0.15, -0.1) is 0 Å². The third-order valence-corrected chi connectivity index (χ3v) is 5.10. The van der Waals surface area contributed by atoms with E-state index in [-0.39, 0.29) is 25.0 Å². The maximum absolute atomic E-state index is 12.2. The molecular weight excluding hydrogens is 342 g/mol. The van der Waals surface area contributed by atoms with Gasteiger partial charge >= 0.3 is 12.1 Å². The summed E-state index contributed by atoms with van der Waals surface area (Å²) < 4.78 is 5.53. The molecular formula is C22H25NO4. The summed E-state index contributed by atoms with van der Waals surface area (Å²) in [4.78, 5) is 22.9. The number of rotatable bonds is 8. The van der Waals surface area contributed by atoms with Gasteiger partial charge in [0.05, 0.1) is 0 Å². The van der Waals surface area contributed by atoms with Crippen molar-refractivity contribution in [2.24, 2.45) is 0 Å². The molecule has 2 aromatic carbocycles. The van der Waals surface area contributed by atoms with Crippen LogP contribution < -0.4 is 5.32 Å². The molecule has 2 N–H and O–H groups in total. The van der Waals surface area contributed by atoms with E-state index in [1.165, 1.54) is 22.3 Å². The first-order chi connectivity index (χ1) is 13.1. The van der Waals surface area contributed by atoms with Crippen LogP contribution >= 0.6 is 0 Å². The molecule has 0 saturated carbocycles. The molecule has 0 fully saturated rings. The van der Waals surface area contributed by atoms with Gasteiger partial charge in [-0.1, -0.05) is 55.5 Å². The van der Waals surface area contributed by atoms with E-state index in [0.717, 1.165) is 6.42 Å². The largest absolute Gasteiger partial charge is 0.481 e. The summed E-state index contributed by atoms with van der Waals surface area (Å²) in [6.07, 6.45) is 1.58. The van der Waals surface area contributed by atoms with Crippen LogP contribution in [-0.2, 0) is 9.53 Å². The Bertz CT molecular complexity index is 772. The SMILES string of the molecule is CCC(CCCC(=O)O)NC(=O)OCC1c2ccccc2-c2ccccc21. The van der Waals surface area contributed by atoms with Gasteiger partial charge in [0, 0.05) is 18.4 Å². The number of hydrogen-bond acceptors (Lipinski definition) is 3. The van der Waals surface area contributed by atoms with Crippen molar-refractivity contribution in [1.82, 2.24) is 5.32 Å². The highest BCUT2D eigenvalue weighted by atomic mass is 16.5. The second-order valence-electron chi connectivity index (χ2n) is 6.86. The number of hydrogen-bond donors (Lipinski definition) is 2. The van der Waals surface area contributed by atoms with Crippen molar-refractivity contribution >= 4 is 12.1 Å². The van der Waals surface area contributed by atoms with Crippen LogP contribution in [-0.4, -0.2) is 29.8 Å². The van der Waals surface area contributed by atoms with E-state index in [4.69, 9.17) is 9.84 Å². The third kappa shape index (κ3) is 4.48. The summed E-state index contributed by atoms with van der Waals surface area (Å²) in [7, 11) is 0. The van der Waals surface area contributed by atoms with Crippen LogP contribution in [0.2, 0.25) is 0 Å². The average molecular weight is 367 g/mol. The Balaban J connectivity index is 1.59. The number of carboxylic acid groups (broad SMARTS) is 1. The standard InChI is InChI=1S/C22H25NO4/c1-2-15(8-7-13-21(24)25)23-22(26)27-14-20-18-11-5-3-9-16(18)17-10-4-6-12-19(17)20/h3-6,9-12,15,20H,2,7-8,13-14H2,1H3,(H,23,26)(H,24,25). The number of benzene rings is 2. The van der Waals surface area contributed by atoms with Gasteiger partial charge in [-0.3, -0.25) is 4.79 Å². The molecule has 2 aromatic rings. The van der Waals surface area contributed by atoms with E-state index in [2.05, 4.69) is 29.6 Å². The summed E-state index contributed by atoms with van der Waals surface area (Å²) >= 11 is 0. The Morgan fingerprint density at radius 3 is 2.22 bits per heavy atom. The molecule has 1 atom stereocenters. The van der Waals surface area contributed by atoms with Crippen LogP contribution in [0.15, 0.2) is 48.5 Å². The Labute approximate surface area is 159 Å². The molecule has 0 aromatic heterocycles. The maximum Gasteiger partial charge on any atom is 0.407 e. The van der Waals surface area contributed by atoms with Crippen molar-refractivity contribution in [2.45, 2.75) is 44.6 Å². The molecule has 3 rings (SSSR count). The van der Waals surface area contributed by atoms with Crippen molar-refractivity contribution in [3.05, 3.63) is 59.7 Å². The van der Waals surface area contributed by atoms with Gasteiger partial charge in [0.2, 0.25) is 0 Å². The van der Waals surface area contributed by atoms with Gasteiger partial charge in [-0.05, 0) is 41.5 Å². The lowest BCUT2D eigenvalue weighted by molar-refractivity contribution is -0.137.